The van der Waals surface area contributed by atoms with E-state index in [4.69, 9.17) is 0 Å². The number of pyridine rings is 1. The molecule has 5 nitrogen and oxygen atoms in total. The maximum atomic E-state index is 12.9. The molecule has 0 atom stereocenters. The van der Waals surface area contributed by atoms with Gasteiger partial charge in [0.15, 0.2) is 0 Å². The average Bonchev–Trinajstić information content (AvgIpc) is 3.00. The number of aryl methyl sites for hydroxylation is 1. The van der Waals surface area contributed by atoms with E-state index >= 15 is 0 Å². The normalized spacial score (nSPS) is 15.8. The zero-order valence-electron chi connectivity index (χ0n) is 13.9. The molecule has 2 aromatic heterocycles. The first-order chi connectivity index (χ1) is 11.2. The van der Waals surface area contributed by atoms with Gasteiger partial charge in [-0.05, 0) is 37.2 Å². The maximum Gasteiger partial charge on any atom is 0.270 e. The van der Waals surface area contributed by atoms with Crippen LogP contribution in [0.2, 0.25) is 0 Å². The Hall–Kier alpha value is -2.14. The number of carbonyl (C=O) groups excluding carboxylic acids is 1. The minimum Gasteiger partial charge on any atom is -0.343 e. The van der Waals surface area contributed by atoms with Crippen molar-refractivity contribution in [3.63, 3.8) is 0 Å². The van der Waals surface area contributed by atoms with Crippen LogP contribution in [-0.2, 0) is 6.54 Å². The minimum absolute atomic E-state index is 0.145. The van der Waals surface area contributed by atoms with Gasteiger partial charge in [-0.1, -0.05) is 6.92 Å². The van der Waals surface area contributed by atoms with Crippen LogP contribution in [0.3, 0.4) is 0 Å². The molecule has 0 unspecified atom stereocenters. The van der Waals surface area contributed by atoms with Gasteiger partial charge >= 0.3 is 0 Å². The van der Waals surface area contributed by atoms with Crippen LogP contribution in [-0.4, -0.2) is 58.5 Å². The van der Waals surface area contributed by atoms with Crippen molar-refractivity contribution < 1.29 is 4.79 Å². The van der Waals surface area contributed by atoms with Crippen LogP contribution in [0.4, 0.5) is 0 Å². The number of amides is 1. The van der Waals surface area contributed by atoms with E-state index < -0.39 is 0 Å². The Balaban J connectivity index is 1.88. The van der Waals surface area contributed by atoms with Crippen molar-refractivity contribution >= 4 is 5.91 Å². The van der Waals surface area contributed by atoms with E-state index in [1.165, 1.54) is 0 Å². The second-order valence-corrected chi connectivity index (χ2v) is 6.14. The number of nitrogens with zero attached hydrogens (tertiary/aromatic N) is 4. The molecule has 2 aromatic rings. The van der Waals surface area contributed by atoms with E-state index in [1.807, 2.05) is 23.1 Å². The lowest BCUT2D eigenvalue weighted by Gasteiger charge is -2.32. The molecule has 1 aliphatic rings. The van der Waals surface area contributed by atoms with Crippen molar-refractivity contribution in [2.24, 2.45) is 0 Å². The summed E-state index contributed by atoms with van der Waals surface area (Å²) in [5.41, 5.74) is 2.98. The van der Waals surface area contributed by atoms with Crippen LogP contribution in [0.5, 0.6) is 0 Å². The van der Waals surface area contributed by atoms with E-state index in [9.17, 15) is 4.79 Å². The number of carbonyl (C=O) groups is 1. The van der Waals surface area contributed by atoms with Gasteiger partial charge in [-0.15, -0.1) is 0 Å². The quantitative estimate of drug-likeness (QED) is 0.870. The molecular weight excluding hydrogens is 288 g/mol. The highest BCUT2D eigenvalue weighted by Gasteiger charge is 2.23. The number of likely N-dealkylation sites (N-methyl/N-ethyl adjacent to an activating group) is 1. The van der Waals surface area contributed by atoms with Crippen molar-refractivity contribution in [2.75, 3.05) is 33.2 Å². The fourth-order valence-electron chi connectivity index (χ4n) is 2.99. The Labute approximate surface area is 137 Å². The van der Waals surface area contributed by atoms with Crippen molar-refractivity contribution in [3.05, 3.63) is 42.5 Å². The molecule has 3 rings (SSSR count). The van der Waals surface area contributed by atoms with Crippen molar-refractivity contribution in [2.45, 2.75) is 19.9 Å². The van der Waals surface area contributed by atoms with Crippen LogP contribution >= 0.6 is 0 Å². The molecule has 1 aliphatic heterocycles. The first-order valence-corrected chi connectivity index (χ1v) is 8.27. The Morgan fingerprint density at radius 2 is 1.83 bits per heavy atom. The molecule has 0 bridgehead atoms. The lowest BCUT2D eigenvalue weighted by atomic mass is 10.1. The highest BCUT2D eigenvalue weighted by molar-refractivity contribution is 5.94. The lowest BCUT2D eigenvalue weighted by molar-refractivity contribution is 0.0653. The molecule has 23 heavy (non-hydrogen) atoms. The second kappa shape index (κ2) is 6.96. The van der Waals surface area contributed by atoms with Gasteiger partial charge in [-0.3, -0.25) is 9.78 Å². The van der Waals surface area contributed by atoms with Crippen molar-refractivity contribution in [1.82, 2.24) is 19.4 Å². The third kappa shape index (κ3) is 3.45. The van der Waals surface area contributed by atoms with Crippen LogP contribution in [0.15, 0.2) is 36.8 Å². The second-order valence-electron chi connectivity index (χ2n) is 6.14. The molecule has 1 fully saturated rings. The molecule has 1 amide bonds. The number of rotatable bonds is 4. The minimum atomic E-state index is 0.145. The molecule has 122 valence electrons. The fraction of sp³-hybridized carbons (Fsp3) is 0.444. The summed E-state index contributed by atoms with van der Waals surface area (Å²) in [7, 11) is 2.10. The molecule has 0 radical (unpaired) electrons. The predicted molar refractivity (Wildman–Crippen MR) is 91.4 cm³/mol. The Kier molecular flexibility index (Phi) is 4.76. The van der Waals surface area contributed by atoms with Gasteiger partial charge in [0.1, 0.15) is 5.69 Å². The van der Waals surface area contributed by atoms with Crippen molar-refractivity contribution in [3.8, 4) is 11.1 Å². The summed E-state index contributed by atoms with van der Waals surface area (Å²) in [5, 5.41) is 0. The van der Waals surface area contributed by atoms with Crippen LogP contribution in [0.1, 0.15) is 23.8 Å². The highest BCUT2D eigenvalue weighted by Crippen LogP contribution is 2.23. The van der Waals surface area contributed by atoms with Gasteiger partial charge < -0.3 is 14.4 Å². The molecule has 0 N–H and O–H groups in total. The van der Waals surface area contributed by atoms with E-state index in [-0.39, 0.29) is 5.91 Å². The molecule has 5 heteroatoms. The number of aromatic nitrogens is 2. The van der Waals surface area contributed by atoms with Gasteiger partial charge in [-0.2, -0.15) is 0 Å². The van der Waals surface area contributed by atoms with Crippen molar-refractivity contribution in [1.29, 1.82) is 0 Å². The summed E-state index contributed by atoms with van der Waals surface area (Å²) < 4.78 is 2.09. The maximum absolute atomic E-state index is 12.9. The first-order valence-electron chi connectivity index (χ1n) is 8.27. The van der Waals surface area contributed by atoms with Gasteiger partial charge in [-0.25, -0.2) is 0 Å². The number of hydrogen-bond acceptors (Lipinski definition) is 3. The molecule has 1 saturated heterocycles. The summed E-state index contributed by atoms with van der Waals surface area (Å²) in [6.45, 7) is 6.49. The van der Waals surface area contributed by atoms with Crippen LogP contribution in [0, 0.1) is 0 Å². The molecule has 0 aliphatic carbocycles. The molecule has 0 spiro atoms. The molecule has 0 aromatic carbocycles. The summed E-state index contributed by atoms with van der Waals surface area (Å²) in [5.74, 6) is 0.145. The zero-order valence-corrected chi connectivity index (χ0v) is 13.9. The fourth-order valence-corrected chi connectivity index (χ4v) is 2.99. The third-order valence-corrected chi connectivity index (χ3v) is 4.38. The summed E-state index contributed by atoms with van der Waals surface area (Å²) in [6, 6.07) is 5.98. The Bertz CT molecular complexity index is 657. The standard InChI is InChI=1S/C18H24N4O/c1-3-8-22-14-16(15-4-6-19-7-5-15)13-17(22)18(23)21-11-9-20(2)10-12-21/h4-7,13-14H,3,8-12H2,1-2H3. The third-order valence-electron chi connectivity index (χ3n) is 4.38. The largest absolute Gasteiger partial charge is 0.343 e. The van der Waals surface area contributed by atoms with E-state index in [2.05, 4.69) is 34.6 Å². The van der Waals surface area contributed by atoms with E-state index in [0.717, 1.165) is 56.0 Å². The molecule has 0 saturated carbocycles. The Morgan fingerprint density at radius 3 is 2.48 bits per heavy atom. The first kappa shape index (κ1) is 15.7. The van der Waals surface area contributed by atoms with E-state index in [0.29, 0.717) is 0 Å². The van der Waals surface area contributed by atoms with Gasteiger partial charge in [0, 0.05) is 56.9 Å². The number of hydrogen-bond donors (Lipinski definition) is 0. The smallest absolute Gasteiger partial charge is 0.270 e. The van der Waals surface area contributed by atoms with Gasteiger partial charge in [0.05, 0.1) is 0 Å². The number of piperazine rings is 1. The SMILES string of the molecule is CCCn1cc(-c2ccncc2)cc1C(=O)N1CCN(C)CC1. The topological polar surface area (TPSA) is 41.4 Å². The summed E-state index contributed by atoms with van der Waals surface area (Å²) in [6.07, 6.45) is 6.67. The zero-order chi connectivity index (χ0) is 16.2. The molecular formula is C18H24N4O. The van der Waals surface area contributed by atoms with Crippen LogP contribution in [0.25, 0.3) is 11.1 Å². The monoisotopic (exact) mass is 312 g/mol. The van der Waals surface area contributed by atoms with Gasteiger partial charge in [0.25, 0.3) is 5.91 Å². The van der Waals surface area contributed by atoms with Gasteiger partial charge in [0.2, 0.25) is 0 Å². The predicted octanol–water partition coefficient (Wildman–Crippen LogP) is 2.35. The molecule has 3 heterocycles. The summed E-state index contributed by atoms with van der Waals surface area (Å²) >= 11 is 0. The van der Waals surface area contributed by atoms with E-state index in [1.54, 1.807) is 12.4 Å². The average molecular weight is 312 g/mol. The van der Waals surface area contributed by atoms with Crippen LogP contribution < -0.4 is 0 Å². The lowest BCUT2D eigenvalue weighted by Crippen LogP contribution is -2.47. The highest BCUT2D eigenvalue weighted by atomic mass is 16.2. The Morgan fingerprint density at radius 1 is 1.13 bits per heavy atom. The summed E-state index contributed by atoms with van der Waals surface area (Å²) in [4.78, 5) is 21.2.